The van der Waals surface area contributed by atoms with Crippen molar-refractivity contribution in [2.24, 2.45) is 34.5 Å². The number of hydrogen-bond acceptors (Lipinski definition) is 1. The molecule has 3 fully saturated rings. The molecule has 1 heterocycles. The monoisotopic (exact) mass is 349 g/mol. The molecule has 3 unspecified atom stereocenters. The van der Waals surface area contributed by atoms with Crippen LogP contribution in [0.2, 0.25) is 0 Å². The van der Waals surface area contributed by atoms with E-state index in [0.29, 0.717) is 10.8 Å². The van der Waals surface area contributed by atoms with E-state index < -0.39 is 0 Å². The molecule has 6 atom stereocenters. The van der Waals surface area contributed by atoms with Gasteiger partial charge in [-0.25, -0.2) is 0 Å². The minimum atomic E-state index is 0.387. The van der Waals surface area contributed by atoms with E-state index in [0.717, 1.165) is 23.7 Å². The summed E-state index contributed by atoms with van der Waals surface area (Å²) in [5.41, 5.74) is 4.02. The molecule has 0 aromatic carbocycles. The molecule has 0 aliphatic heterocycles. The Balaban J connectivity index is 1.45. The molecule has 0 radical (unpaired) electrons. The first-order chi connectivity index (χ1) is 12.6. The number of nitrogens with zero attached hydrogens (tertiary/aromatic N) is 1. The zero-order valence-corrected chi connectivity index (χ0v) is 16.7. The third-order valence-electron chi connectivity index (χ3n) is 9.39. The minimum Gasteiger partial charge on any atom is -0.264 e. The van der Waals surface area contributed by atoms with Crippen LogP contribution in [0, 0.1) is 34.5 Å². The Morgan fingerprint density at radius 3 is 2.73 bits per heavy atom. The molecule has 1 nitrogen and oxygen atoms in total. The van der Waals surface area contributed by atoms with Crippen LogP contribution in [0.4, 0.5) is 0 Å². The van der Waals surface area contributed by atoms with Crippen molar-refractivity contribution in [2.45, 2.75) is 78.1 Å². The number of aromatic nitrogens is 1. The summed E-state index contributed by atoms with van der Waals surface area (Å²) >= 11 is 0. The molecular formula is C25H35N. The van der Waals surface area contributed by atoms with Gasteiger partial charge in [0.1, 0.15) is 0 Å². The number of allylic oxidation sites excluding steroid dienone is 2. The van der Waals surface area contributed by atoms with Gasteiger partial charge in [-0.05, 0) is 96.7 Å². The largest absolute Gasteiger partial charge is 0.264 e. The van der Waals surface area contributed by atoms with E-state index in [1.807, 2.05) is 6.20 Å². The first kappa shape index (κ1) is 17.0. The average molecular weight is 350 g/mol. The summed E-state index contributed by atoms with van der Waals surface area (Å²) in [4.78, 5) is 4.41. The highest BCUT2D eigenvalue weighted by molar-refractivity contribution is 5.72. The standard InChI is InChI=1S/C25H35N/c1-24-14-5-3-4-8-19(24)9-10-20-22-12-11-21(18-7-6-16-26-17-18)25(22,2)15-13-23(20)24/h6-7,11,16-17,19-20,22-23H,3-5,8-10,12-15H2,1-2H3/t19?,20-,22?,23?,24-,25+/m0/s1. The highest BCUT2D eigenvalue weighted by Gasteiger charge is 2.57. The van der Waals surface area contributed by atoms with Crippen molar-refractivity contribution in [3.63, 3.8) is 0 Å². The molecule has 4 aliphatic rings. The molecule has 0 amide bonds. The highest BCUT2D eigenvalue weighted by Crippen LogP contribution is 2.67. The first-order valence-electron chi connectivity index (χ1n) is 11.2. The Hall–Kier alpha value is -1.11. The molecule has 0 spiro atoms. The molecule has 0 bridgehead atoms. The zero-order valence-electron chi connectivity index (χ0n) is 16.7. The second kappa shape index (κ2) is 6.21. The maximum Gasteiger partial charge on any atom is 0.0343 e. The van der Waals surface area contributed by atoms with E-state index in [-0.39, 0.29) is 0 Å². The Kier molecular flexibility index (Phi) is 4.07. The maximum absolute atomic E-state index is 4.41. The van der Waals surface area contributed by atoms with Crippen molar-refractivity contribution in [2.75, 3.05) is 0 Å². The molecule has 5 rings (SSSR count). The quantitative estimate of drug-likeness (QED) is 0.537. The predicted molar refractivity (Wildman–Crippen MR) is 109 cm³/mol. The fourth-order valence-electron chi connectivity index (χ4n) is 8.01. The zero-order chi connectivity index (χ0) is 17.8. The second-order valence-electron chi connectivity index (χ2n) is 10.3. The summed E-state index contributed by atoms with van der Waals surface area (Å²) in [6.45, 7) is 5.29. The van der Waals surface area contributed by atoms with E-state index in [9.17, 15) is 0 Å². The van der Waals surface area contributed by atoms with Crippen molar-refractivity contribution < 1.29 is 0 Å². The smallest absolute Gasteiger partial charge is 0.0343 e. The van der Waals surface area contributed by atoms with E-state index in [4.69, 9.17) is 0 Å². The number of hydrogen-bond donors (Lipinski definition) is 0. The van der Waals surface area contributed by atoms with Gasteiger partial charge in [-0.15, -0.1) is 0 Å². The van der Waals surface area contributed by atoms with E-state index in [1.54, 1.807) is 5.57 Å². The Morgan fingerprint density at radius 1 is 0.962 bits per heavy atom. The van der Waals surface area contributed by atoms with Crippen molar-refractivity contribution >= 4 is 5.57 Å². The van der Waals surface area contributed by atoms with Crippen LogP contribution >= 0.6 is 0 Å². The van der Waals surface area contributed by atoms with Crippen LogP contribution in [-0.4, -0.2) is 4.98 Å². The molecule has 1 aromatic heterocycles. The van der Waals surface area contributed by atoms with Gasteiger partial charge in [-0.1, -0.05) is 45.3 Å². The fraction of sp³-hybridized carbons (Fsp3) is 0.720. The van der Waals surface area contributed by atoms with Crippen molar-refractivity contribution in [1.29, 1.82) is 0 Å². The van der Waals surface area contributed by atoms with Gasteiger partial charge in [0.05, 0.1) is 0 Å². The second-order valence-corrected chi connectivity index (χ2v) is 10.3. The van der Waals surface area contributed by atoms with Gasteiger partial charge in [-0.3, -0.25) is 4.98 Å². The van der Waals surface area contributed by atoms with Gasteiger partial charge in [0.15, 0.2) is 0 Å². The van der Waals surface area contributed by atoms with Gasteiger partial charge in [-0.2, -0.15) is 0 Å². The Bertz CT molecular complexity index is 691. The van der Waals surface area contributed by atoms with Crippen LogP contribution in [0.25, 0.3) is 5.57 Å². The molecule has 0 N–H and O–H groups in total. The minimum absolute atomic E-state index is 0.387. The predicted octanol–water partition coefficient (Wildman–Crippen LogP) is 6.90. The van der Waals surface area contributed by atoms with E-state index in [2.05, 4.69) is 43.2 Å². The molecule has 1 heteroatoms. The summed E-state index contributed by atoms with van der Waals surface area (Å²) in [7, 11) is 0. The highest BCUT2D eigenvalue weighted by atomic mass is 14.6. The van der Waals surface area contributed by atoms with Crippen molar-refractivity contribution in [3.05, 3.63) is 36.2 Å². The molecule has 3 saturated carbocycles. The molecule has 0 saturated heterocycles. The van der Waals surface area contributed by atoms with Crippen molar-refractivity contribution in [3.8, 4) is 0 Å². The summed E-state index contributed by atoms with van der Waals surface area (Å²) < 4.78 is 0. The Morgan fingerprint density at radius 2 is 1.88 bits per heavy atom. The van der Waals surface area contributed by atoms with Gasteiger partial charge < -0.3 is 0 Å². The van der Waals surface area contributed by atoms with E-state index in [1.165, 1.54) is 69.8 Å². The van der Waals surface area contributed by atoms with Crippen LogP contribution in [0.15, 0.2) is 30.6 Å². The summed E-state index contributed by atoms with van der Waals surface area (Å²) in [6, 6.07) is 4.39. The molecule has 4 aliphatic carbocycles. The number of fused-ring (bicyclic) bond motifs is 5. The summed E-state index contributed by atoms with van der Waals surface area (Å²) in [6.07, 6.45) is 21.2. The van der Waals surface area contributed by atoms with Crippen LogP contribution in [0.3, 0.4) is 0 Å². The van der Waals surface area contributed by atoms with E-state index >= 15 is 0 Å². The molecule has 26 heavy (non-hydrogen) atoms. The third kappa shape index (κ3) is 2.38. The third-order valence-corrected chi connectivity index (χ3v) is 9.39. The lowest BCUT2D eigenvalue weighted by Crippen LogP contribution is -2.51. The van der Waals surface area contributed by atoms with Gasteiger partial charge in [0, 0.05) is 12.4 Å². The topological polar surface area (TPSA) is 12.9 Å². The van der Waals surface area contributed by atoms with Crippen molar-refractivity contribution in [1.82, 2.24) is 4.98 Å². The lowest BCUT2D eigenvalue weighted by molar-refractivity contribution is -0.0808. The van der Waals surface area contributed by atoms with Crippen LogP contribution in [-0.2, 0) is 0 Å². The normalized spacial score (nSPS) is 45.1. The average Bonchev–Trinajstić information content (AvgIpc) is 2.88. The SMILES string of the molecule is C[C@]12CCCCCC1CC[C@@H]1C2CC[C@]2(C)C(c3cccnc3)=CCC12. The molecule has 140 valence electrons. The fourth-order valence-corrected chi connectivity index (χ4v) is 8.01. The van der Waals surface area contributed by atoms with Gasteiger partial charge in [0.2, 0.25) is 0 Å². The number of rotatable bonds is 1. The van der Waals surface area contributed by atoms with Gasteiger partial charge >= 0.3 is 0 Å². The maximum atomic E-state index is 4.41. The summed E-state index contributed by atoms with van der Waals surface area (Å²) in [5, 5.41) is 0. The first-order valence-corrected chi connectivity index (χ1v) is 11.2. The molecule has 1 aromatic rings. The van der Waals surface area contributed by atoms with Gasteiger partial charge in [0.25, 0.3) is 0 Å². The molecular weight excluding hydrogens is 314 g/mol. The lowest BCUT2D eigenvalue weighted by Gasteiger charge is -2.59. The summed E-state index contributed by atoms with van der Waals surface area (Å²) in [5.74, 6) is 3.83. The lowest BCUT2D eigenvalue weighted by atomic mass is 9.46. The Labute approximate surface area is 159 Å². The van der Waals surface area contributed by atoms with Crippen LogP contribution in [0.5, 0.6) is 0 Å². The van der Waals surface area contributed by atoms with Crippen LogP contribution in [0.1, 0.15) is 83.6 Å². The number of pyridine rings is 1. The van der Waals surface area contributed by atoms with Crippen LogP contribution < -0.4 is 0 Å².